The monoisotopic (exact) mass is 179 g/mol. The van der Waals surface area contributed by atoms with Gasteiger partial charge in [0, 0.05) is 24.8 Å². The third-order valence-electron chi connectivity index (χ3n) is 2.97. The van der Waals surface area contributed by atoms with E-state index in [0.29, 0.717) is 0 Å². The van der Waals surface area contributed by atoms with Crippen molar-refractivity contribution in [3.8, 4) is 0 Å². The van der Waals surface area contributed by atoms with Gasteiger partial charge in [0.05, 0.1) is 11.2 Å². The van der Waals surface area contributed by atoms with Crippen LogP contribution in [0.1, 0.15) is 38.4 Å². The highest BCUT2D eigenvalue weighted by molar-refractivity contribution is 5.21. The van der Waals surface area contributed by atoms with E-state index in [2.05, 4.69) is 42.1 Å². The van der Waals surface area contributed by atoms with E-state index in [1.807, 2.05) is 0 Å². The van der Waals surface area contributed by atoms with Gasteiger partial charge in [-0.05, 0) is 20.3 Å². The van der Waals surface area contributed by atoms with Gasteiger partial charge in [-0.1, -0.05) is 6.92 Å². The van der Waals surface area contributed by atoms with Gasteiger partial charge >= 0.3 is 0 Å². The normalized spacial score (nSPS) is 16.2. The maximum absolute atomic E-state index is 4.59. The lowest BCUT2D eigenvalue weighted by Gasteiger charge is -2.23. The van der Waals surface area contributed by atoms with E-state index in [4.69, 9.17) is 0 Å². The predicted molar refractivity (Wildman–Crippen MR) is 52.4 cm³/mol. The molecule has 2 heterocycles. The third kappa shape index (κ3) is 1.37. The molecule has 3 nitrogen and oxygen atoms in total. The summed E-state index contributed by atoms with van der Waals surface area (Å²) in [6.45, 7) is 8.56. The SMILES string of the molecule is CCC(C)(C)n1cc2c(n1)CNC2. The summed E-state index contributed by atoms with van der Waals surface area (Å²) in [6.07, 6.45) is 3.29. The van der Waals surface area contributed by atoms with E-state index in [-0.39, 0.29) is 5.54 Å². The minimum absolute atomic E-state index is 0.157. The largest absolute Gasteiger partial charge is 0.307 e. The lowest BCUT2D eigenvalue weighted by Crippen LogP contribution is -2.26. The van der Waals surface area contributed by atoms with Gasteiger partial charge in [-0.2, -0.15) is 5.10 Å². The van der Waals surface area contributed by atoms with Crippen molar-refractivity contribution < 1.29 is 0 Å². The molecule has 0 atom stereocenters. The number of fused-ring (bicyclic) bond motifs is 1. The third-order valence-corrected chi connectivity index (χ3v) is 2.97. The van der Waals surface area contributed by atoms with Crippen LogP contribution in [0.3, 0.4) is 0 Å². The first kappa shape index (κ1) is 8.75. The smallest absolute Gasteiger partial charge is 0.0807 e. The molecule has 0 unspecified atom stereocenters. The molecule has 0 aliphatic carbocycles. The van der Waals surface area contributed by atoms with Gasteiger partial charge in [0.2, 0.25) is 0 Å². The van der Waals surface area contributed by atoms with Crippen molar-refractivity contribution in [2.24, 2.45) is 0 Å². The van der Waals surface area contributed by atoms with Crippen molar-refractivity contribution in [2.75, 3.05) is 0 Å². The van der Waals surface area contributed by atoms with Crippen molar-refractivity contribution in [1.82, 2.24) is 15.1 Å². The van der Waals surface area contributed by atoms with Crippen LogP contribution >= 0.6 is 0 Å². The van der Waals surface area contributed by atoms with Gasteiger partial charge in [-0.25, -0.2) is 0 Å². The quantitative estimate of drug-likeness (QED) is 0.748. The first-order chi connectivity index (χ1) is 6.13. The molecule has 0 bridgehead atoms. The Hall–Kier alpha value is -0.830. The molecule has 1 aliphatic heterocycles. The van der Waals surface area contributed by atoms with Gasteiger partial charge in [0.15, 0.2) is 0 Å². The van der Waals surface area contributed by atoms with Gasteiger partial charge in [-0.15, -0.1) is 0 Å². The lowest BCUT2D eigenvalue weighted by molar-refractivity contribution is 0.305. The second kappa shape index (κ2) is 2.84. The number of hydrogen-bond donors (Lipinski definition) is 1. The summed E-state index contributed by atoms with van der Waals surface area (Å²) in [5, 5.41) is 7.88. The molecule has 0 saturated heterocycles. The van der Waals surface area contributed by atoms with Crippen LogP contribution in [-0.2, 0) is 18.6 Å². The fourth-order valence-electron chi connectivity index (χ4n) is 1.53. The summed E-state index contributed by atoms with van der Waals surface area (Å²) in [6, 6.07) is 0. The standard InChI is InChI=1S/C10H17N3/c1-4-10(2,3)13-7-8-5-11-6-9(8)12-13/h7,11H,4-6H2,1-3H3. The Bertz CT molecular complexity index is 290. The van der Waals surface area contributed by atoms with Crippen molar-refractivity contribution in [1.29, 1.82) is 0 Å². The molecule has 2 rings (SSSR count). The Labute approximate surface area is 79.1 Å². The molecular weight excluding hydrogens is 162 g/mol. The van der Waals surface area contributed by atoms with Crippen LogP contribution in [-0.4, -0.2) is 9.78 Å². The van der Waals surface area contributed by atoms with Crippen LogP contribution in [0.2, 0.25) is 0 Å². The highest BCUT2D eigenvalue weighted by atomic mass is 15.3. The summed E-state index contributed by atoms with van der Waals surface area (Å²) in [5.74, 6) is 0. The zero-order valence-electron chi connectivity index (χ0n) is 8.59. The maximum atomic E-state index is 4.59. The van der Waals surface area contributed by atoms with E-state index < -0.39 is 0 Å². The fraction of sp³-hybridized carbons (Fsp3) is 0.700. The number of aromatic nitrogens is 2. The second-order valence-electron chi connectivity index (χ2n) is 4.32. The molecule has 1 aromatic heterocycles. The molecule has 1 aliphatic rings. The zero-order chi connectivity index (χ0) is 9.47. The highest BCUT2D eigenvalue weighted by Gasteiger charge is 2.22. The first-order valence-corrected chi connectivity index (χ1v) is 4.92. The summed E-state index contributed by atoms with van der Waals surface area (Å²) >= 11 is 0. The van der Waals surface area contributed by atoms with Crippen LogP contribution < -0.4 is 5.32 Å². The van der Waals surface area contributed by atoms with E-state index in [9.17, 15) is 0 Å². The second-order valence-corrected chi connectivity index (χ2v) is 4.32. The molecule has 0 saturated carbocycles. The van der Waals surface area contributed by atoms with Gasteiger partial charge in [0.1, 0.15) is 0 Å². The Morgan fingerprint density at radius 2 is 2.31 bits per heavy atom. The minimum Gasteiger partial charge on any atom is -0.307 e. The number of hydrogen-bond acceptors (Lipinski definition) is 2. The maximum Gasteiger partial charge on any atom is 0.0807 e. The average molecular weight is 179 g/mol. The minimum atomic E-state index is 0.157. The van der Waals surface area contributed by atoms with Crippen molar-refractivity contribution in [3.63, 3.8) is 0 Å². The Morgan fingerprint density at radius 3 is 2.92 bits per heavy atom. The van der Waals surface area contributed by atoms with Crippen LogP contribution in [0.5, 0.6) is 0 Å². The Morgan fingerprint density at radius 1 is 1.54 bits per heavy atom. The van der Waals surface area contributed by atoms with Crippen molar-refractivity contribution >= 4 is 0 Å². The van der Waals surface area contributed by atoms with E-state index in [0.717, 1.165) is 19.5 Å². The molecule has 1 N–H and O–H groups in total. The van der Waals surface area contributed by atoms with Gasteiger partial charge in [-0.3, -0.25) is 4.68 Å². The van der Waals surface area contributed by atoms with Crippen LogP contribution in [0.4, 0.5) is 0 Å². The fourth-order valence-corrected chi connectivity index (χ4v) is 1.53. The van der Waals surface area contributed by atoms with Gasteiger partial charge < -0.3 is 5.32 Å². The molecule has 13 heavy (non-hydrogen) atoms. The number of nitrogens with zero attached hydrogens (tertiary/aromatic N) is 2. The van der Waals surface area contributed by atoms with Crippen LogP contribution in [0.25, 0.3) is 0 Å². The van der Waals surface area contributed by atoms with Crippen molar-refractivity contribution in [3.05, 3.63) is 17.5 Å². The predicted octanol–water partition coefficient (Wildman–Crippen LogP) is 1.63. The molecule has 72 valence electrons. The lowest BCUT2D eigenvalue weighted by atomic mass is 10.0. The average Bonchev–Trinajstić information content (AvgIpc) is 2.61. The van der Waals surface area contributed by atoms with E-state index in [1.165, 1.54) is 11.3 Å². The molecule has 0 amide bonds. The first-order valence-electron chi connectivity index (χ1n) is 4.92. The molecule has 3 heteroatoms. The van der Waals surface area contributed by atoms with Crippen molar-refractivity contribution in [2.45, 2.75) is 45.8 Å². The van der Waals surface area contributed by atoms with E-state index in [1.54, 1.807) is 0 Å². The summed E-state index contributed by atoms with van der Waals surface area (Å²) in [7, 11) is 0. The molecule has 0 radical (unpaired) electrons. The topological polar surface area (TPSA) is 29.9 Å². The summed E-state index contributed by atoms with van der Waals surface area (Å²) in [5.41, 5.74) is 2.74. The zero-order valence-corrected chi connectivity index (χ0v) is 8.59. The summed E-state index contributed by atoms with van der Waals surface area (Å²) < 4.78 is 2.11. The Balaban J connectivity index is 2.33. The molecule has 0 spiro atoms. The van der Waals surface area contributed by atoms with E-state index >= 15 is 0 Å². The summed E-state index contributed by atoms with van der Waals surface area (Å²) in [4.78, 5) is 0. The molecule has 1 aromatic rings. The van der Waals surface area contributed by atoms with Crippen LogP contribution in [0.15, 0.2) is 6.20 Å². The molecular formula is C10H17N3. The highest BCUT2D eigenvalue weighted by Crippen LogP contribution is 2.22. The number of rotatable bonds is 2. The number of nitrogens with one attached hydrogen (secondary N) is 1. The molecule has 0 fully saturated rings. The van der Waals surface area contributed by atoms with Crippen LogP contribution in [0, 0.1) is 0 Å². The molecule has 0 aromatic carbocycles. The Kier molecular flexibility index (Phi) is 1.91. The van der Waals surface area contributed by atoms with Gasteiger partial charge in [0.25, 0.3) is 0 Å².